The van der Waals surface area contributed by atoms with Crippen LogP contribution in [0, 0.1) is 0 Å². The van der Waals surface area contributed by atoms with Crippen molar-refractivity contribution < 1.29 is 9.84 Å². The molecule has 1 aliphatic rings. The summed E-state index contributed by atoms with van der Waals surface area (Å²) in [4.78, 5) is 33.9. The molecule has 11 heteroatoms. The van der Waals surface area contributed by atoms with E-state index in [1.165, 1.54) is 4.57 Å². The highest BCUT2D eigenvalue weighted by Crippen LogP contribution is 2.28. The summed E-state index contributed by atoms with van der Waals surface area (Å²) in [5.74, 6) is 0.968. The molecular formula is C21H25Cl2N5O4. The first-order valence-electron chi connectivity index (χ1n) is 10.6. The summed E-state index contributed by atoms with van der Waals surface area (Å²) in [6.07, 6.45) is 3.34. The van der Waals surface area contributed by atoms with Gasteiger partial charge in [0.1, 0.15) is 18.5 Å². The first-order chi connectivity index (χ1) is 15.3. The lowest BCUT2D eigenvalue weighted by Gasteiger charge is -2.23. The summed E-state index contributed by atoms with van der Waals surface area (Å²) in [5.41, 5.74) is -0.539. The average Bonchev–Trinajstić information content (AvgIpc) is 2.92. The van der Waals surface area contributed by atoms with E-state index in [2.05, 4.69) is 14.9 Å². The van der Waals surface area contributed by atoms with Crippen LogP contribution in [0.1, 0.15) is 25.7 Å². The van der Waals surface area contributed by atoms with Crippen LogP contribution in [0.25, 0.3) is 11.2 Å². The van der Waals surface area contributed by atoms with Crippen LogP contribution in [-0.2, 0) is 13.6 Å². The number of anilines is 1. The number of aliphatic hydroxyl groups excluding tert-OH is 1. The quantitative estimate of drug-likeness (QED) is 0.560. The van der Waals surface area contributed by atoms with Crippen LogP contribution in [0.4, 0.5) is 5.95 Å². The van der Waals surface area contributed by atoms with Crippen molar-refractivity contribution >= 4 is 40.3 Å². The number of fused-ring (bicyclic) bond motifs is 1. The maximum atomic E-state index is 12.7. The summed E-state index contributed by atoms with van der Waals surface area (Å²) in [6.45, 7) is 1.60. The molecule has 2 N–H and O–H groups in total. The van der Waals surface area contributed by atoms with Gasteiger partial charge in [-0.3, -0.25) is 14.3 Å². The van der Waals surface area contributed by atoms with Crippen molar-refractivity contribution in [2.75, 3.05) is 24.6 Å². The number of rotatable bonds is 6. The highest BCUT2D eigenvalue weighted by atomic mass is 35.5. The number of ether oxygens (including phenoxy) is 1. The van der Waals surface area contributed by atoms with Gasteiger partial charge in [0, 0.05) is 25.2 Å². The van der Waals surface area contributed by atoms with E-state index < -0.39 is 17.4 Å². The highest BCUT2D eigenvalue weighted by Gasteiger charge is 2.24. The van der Waals surface area contributed by atoms with Crippen LogP contribution < -0.4 is 20.9 Å². The molecule has 3 aromatic rings. The van der Waals surface area contributed by atoms with Crippen molar-refractivity contribution in [2.24, 2.45) is 7.05 Å². The number of hydrogen-bond donors (Lipinski definition) is 2. The van der Waals surface area contributed by atoms with Gasteiger partial charge in [-0.25, -0.2) is 4.79 Å². The number of hydrogen-bond acceptors (Lipinski definition) is 6. The Labute approximate surface area is 194 Å². The molecule has 1 aliphatic heterocycles. The number of nitrogens with one attached hydrogen (secondary N) is 1. The summed E-state index contributed by atoms with van der Waals surface area (Å²) in [7, 11) is 1.56. The molecule has 0 aliphatic carbocycles. The molecule has 1 saturated heterocycles. The van der Waals surface area contributed by atoms with E-state index in [1.54, 1.807) is 29.8 Å². The Bertz CT molecular complexity index is 1230. The van der Waals surface area contributed by atoms with E-state index in [0.29, 0.717) is 21.7 Å². The minimum Gasteiger partial charge on any atom is -0.489 e. The predicted molar refractivity (Wildman–Crippen MR) is 124 cm³/mol. The molecule has 1 aromatic carbocycles. The molecule has 1 atom stereocenters. The molecule has 3 heterocycles. The molecule has 9 nitrogen and oxygen atoms in total. The SMILES string of the molecule is Cn1c(=O)[nH]c(=O)c2c1nc(N1CCCCCC1)n2CC(O)COc1ccc(Cl)cc1Cl. The molecular weight excluding hydrogens is 457 g/mol. The van der Waals surface area contributed by atoms with Crippen LogP contribution in [0.3, 0.4) is 0 Å². The number of nitrogens with zero attached hydrogens (tertiary/aromatic N) is 4. The number of aryl methyl sites for hydroxylation is 1. The molecule has 0 spiro atoms. The molecule has 1 unspecified atom stereocenters. The minimum atomic E-state index is -0.957. The van der Waals surface area contributed by atoms with Crippen molar-refractivity contribution in [2.45, 2.75) is 38.3 Å². The lowest BCUT2D eigenvalue weighted by atomic mass is 10.2. The fraction of sp³-hybridized carbons (Fsp3) is 0.476. The normalized spacial score (nSPS) is 15.7. The summed E-state index contributed by atoms with van der Waals surface area (Å²) in [6, 6.07) is 4.84. The summed E-state index contributed by atoms with van der Waals surface area (Å²) >= 11 is 12.0. The molecule has 0 amide bonds. The number of imidazole rings is 1. The molecule has 4 rings (SSSR count). The summed E-state index contributed by atoms with van der Waals surface area (Å²) < 4.78 is 8.65. The van der Waals surface area contributed by atoms with Gasteiger partial charge in [-0.2, -0.15) is 4.98 Å². The zero-order valence-corrected chi connectivity index (χ0v) is 19.2. The fourth-order valence-corrected chi connectivity index (χ4v) is 4.41. The van der Waals surface area contributed by atoms with Crippen molar-refractivity contribution in [3.8, 4) is 5.75 Å². The smallest absolute Gasteiger partial charge is 0.329 e. The maximum absolute atomic E-state index is 12.7. The molecule has 0 bridgehead atoms. The van der Waals surface area contributed by atoms with Gasteiger partial charge >= 0.3 is 5.69 Å². The number of aliphatic hydroxyl groups is 1. The van der Waals surface area contributed by atoms with Crippen LogP contribution in [0.5, 0.6) is 5.75 Å². The lowest BCUT2D eigenvalue weighted by Crippen LogP contribution is -2.32. The monoisotopic (exact) mass is 481 g/mol. The van der Waals surface area contributed by atoms with Gasteiger partial charge in [0.2, 0.25) is 5.95 Å². The Kier molecular flexibility index (Phi) is 6.78. The van der Waals surface area contributed by atoms with Crippen LogP contribution in [-0.4, -0.2) is 50.0 Å². The molecule has 0 radical (unpaired) electrons. The largest absolute Gasteiger partial charge is 0.489 e. The van der Waals surface area contributed by atoms with E-state index in [4.69, 9.17) is 27.9 Å². The first kappa shape index (κ1) is 22.7. The maximum Gasteiger partial charge on any atom is 0.329 e. The third-order valence-electron chi connectivity index (χ3n) is 5.59. The molecule has 1 fully saturated rings. The number of H-pyrrole nitrogens is 1. The zero-order valence-electron chi connectivity index (χ0n) is 17.7. The Morgan fingerprint density at radius 2 is 1.91 bits per heavy atom. The Morgan fingerprint density at radius 1 is 1.19 bits per heavy atom. The van der Waals surface area contributed by atoms with Gasteiger partial charge in [0.25, 0.3) is 5.56 Å². The van der Waals surface area contributed by atoms with Gasteiger partial charge < -0.3 is 19.3 Å². The third-order valence-corrected chi connectivity index (χ3v) is 6.12. The summed E-state index contributed by atoms with van der Waals surface area (Å²) in [5, 5.41) is 11.6. The third kappa shape index (κ3) is 4.65. The van der Waals surface area contributed by atoms with Gasteiger partial charge in [0.15, 0.2) is 11.2 Å². The second kappa shape index (κ2) is 9.56. The predicted octanol–water partition coefficient (Wildman–Crippen LogP) is 2.55. The Morgan fingerprint density at radius 3 is 2.59 bits per heavy atom. The van der Waals surface area contributed by atoms with Gasteiger partial charge in [-0.05, 0) is 31.0 Å². The van der Waals surface area contributed by atoms with Crippen molar-refractivity contribution in [1.82, 2.24) is 19.1 Å². The number of halogens is 2. The number of aromatic nitrogens is 4. The average molecular weight is 482 g/mol. The molecule has 2 aromatic heterocycles. The van der Waals surface area contributed by atoms with E-state index in [9.17, 15) is 14.7 Å². The topological polar surface area (TPSA) is 105 Å². The Balaban J connectivity index is 1.66. The molecule has 172 valence electrons. The van der Waals surface area contributed by atoms with E-state index in [1.807, 2.05) is 0 Å². The Hall–Kier alpha value is -2.49. The zero-order chi connectivity index (χ0) is 22.8. The van der Waals surface area contributed by atoms with Gasteiger partial charge in [-0.1, -0.05) is 36.0 Å². The lowest BCUT2D eigenvalue weighted by molar-refractivity contribution is 0.0937. The second-order valence-electron chi connectivity index (χ2n) is 7.95. The van der Waals surface area contributed by atoms with Crippen molar-refractivity contribution in [3.05, 3.63) is 49.1 Å². The van der Waals surface area contributed by atoms with Crippen LogP contribution in [0.2, 0.25) is 10.0 Å². The molecule has 32 heavy (non-hydrogen) atoms. The van der Waals surface area contributed by atoms with Crippen LogP contribution in [0.15, 0.2) is 27.8 Å². The second-order valence-corrected chi connectivity index (χ2v) is 8.80. The minimum absolute atomic E-state index is 0.0515. The first-order valence-corrected chi connectivity index (χ1v) is 11.3. The van der Waals surface area contributed by atoms with Crippen LogP contribution >= 0.6 is 23.2 Å². The van der Waals surface area contributed by atoms with Crippen molar-refractivity contribution in [1.29, 1.82) is 0 Å². The fourth-order valence-electron chi connectivity index (χ4n) is 3.95. The van der Waals surface area contributed by atoms with Crippen molar-refractivity contribution in [3.63, 3.8) is 0 Å². The number of benzene rings is 1. The standard InChI is InChI=1S/C21H25Cl2N5O4/c1-26-18-17(19(30)25-21(26)31)28(20(24-18)27-8-4-2-3-5-9-27)11-14(29)12-32-16-7-6-13(22)10-15(16)23/h6-7,10,14,29H,2-5,8-9,11-12H2,1H3,(H,25,30,31). The molecule has 0 saturated carbocycles. The van der Waals surface area contributed by atoms with E-state index in [0.717, 1.165) is 38.8 Å². The van der Waals surface area contributed by atoms with Gasteiger partial charge in [0.05, 0.1) is 11.6 Å². The van der Waals surface area contributed by atoms with Gasteiger partial charge in [-0.15, -0.1) is 0 Å². The van der Waals surface area contributed by atoms with E-state index >= 15 is 0 Å². The van der Waals surface area contributed by atoms with E-state index in [-0.39, 0.29) is 24.3 Å². The highest BCUT2D eigenvalue weighted by molar-refractivity contribution is 6.35. The number of aromatic amines is 1.